The molecule has 0 aliphatic carbocycles. The first-order chi connectivity index (χ1) is 8.95. The second-order valence-corrected chi connectivity index (χ2v) is 6.08. The second kappa shape index (κ2) is 5.33. The highest BCUT2D eigenvalue weighted by Gasteiger charge is 2.36. The van der Waals surface area contributed by atoms with Crippen molar-refractivity contribution >= 4 is 5.91 Å². The Balaban J connectivity index is 2.15. The van der Waals surface area contributed by atoms with E-state index in [1.54, 1.807) is 0 Å². The highest BCUT2D eigenvalue weighted by molar-refractivity contribution is 5.87. The SMILES string of the molecule is Cc1ccc(C(C)(C)C(=O)N2CCC(CO)C2)cc1. The van der Waals surface area contributed by atoms with Gasteiger partial charge < -0.3 is 10.0 Å². The summed E-state index contributed by atoms with van der Waals surface area (Å²) in [5, 5.41) is 9.18. The Morgan fingerprint density at radius 3 is 2.53 bits per heavy atom. The summed E-state index contributed by atoms with van der Waals surface area (Å²) in [6.45, 7) is 7.63. The van der Waals surface area contributed by atoms with Gasteiger partial charge in [-0.05, 0) is 32.8 Å². The van der Waals surface area contributed by atoms with Gasteiger partial charge in [-0.1, -0.05) is 29.8 Å². The molecule has 1 unspecified atom stereocenters. The van der Waals surface area contributed by atoms with Crippen molar-refractivity contribution in [3.8, 4) is 0 Å². The Morgan fingerprint density at radius 2 is 2.00 bits per heavy atom. The quantitative estimate of drug-likeness (QED) is 0.905. The van der Waals surface area contributed by atoms with E-state index in [1.165, 1.54) is 5.56 Å². The van der Waals surface area contributed by atoms with Crippen LogP contribution in [0.25, 0.3) is 0 Å². The lowest BCUT2D eigenvalue weighted by molar-refractivity contribution is -0.135. The summed E-state index contributed by atoms with van der Waals surface area (Å²) in [4.78, 5) is 14.5. The molecule has 1 aromatic rings. The first-order valence-electron chi connectivity index (χ1n) is 6.92. The van der Waals surface area contributed by atoms with Crippen LogP contribution < -0.4 is 0 Å². The Kier molecular flexibility index (Phi) is 3.95. The topological polar surface area (TPSA) is 40.5 Å². The molecule has 1 fully saturated rings. The number of aliphatic hydroxyl groups excluding tert-OH is 1. The predicted octanol–water partition coefficient (Wildman–Crippen LogP) is 2.11. The van der Waals surface area contributed by atoms with Crippen LogP contribution in [-0.2, 0) is 10.2 Å². The number of nitrogens with zero attached hydrogens (tertiary/aromatic N) is 1. The summed E-state index contributed by atoms with van der Waals surface area (Å²) >= 11 is 0. The Morgan fingerprint density at radius 1 is 1.37 bits per heavy atom. The van der Waals surface area contributed by atoms with Crippen molar-refractivity contribution in [1.82, 2.24) is 4.90 Å². The average molecular weight is 261 g/mol. The maximum atomic E-state index is 12.7. The fourth-order valence-corrected chi connectivity index (χ4v) is 2.66. The number of hydrogen-bond donors (Lipinski definition) is 1. The highest BCUT2D eigenvalue weighted by Crippen LogP contribution is 2.28. The fraction of sp³-hybridized carbons (Fsp3) is 0.562. The fourth-order valence-electron chi connectivity index (χ4n) is 2.66. The van der Waals surface area contributed by atoms with Crippen molar-refractivity contribution in [3.63, 3.8) is 0 Å². The molecule has 19 heavy (non-hydrogen) atoms. The molecule has 2 rings (SSSR count). The molecule has 1 heterocycles. The third-order valence-corrected chi connectivity index (χ3v) is 4.14. The zero-order valence-electron chi connectivity index (χ0n) is 12.0. The van der Waals surface area contributed by atoms with E-state index in [9.17, 15) is 9.90 Å². The van der Waals surface area contributed by atoms with Crippen molar-refractivity contribution in [3.05, 3.63) is 35.4 Å². The second-order valence-electron chi connectivity index (χ2n) is 6.08. The van der Waals surface area contributed by atoms with Crippen LogP contribution in [0.2, 0.25) is 0 Å². The molecule has 1 saturated heterocycles. The molecule has 1 aromatic carbocycles. The van der Waals surface area contributed by atoms with Crippen LogP contribution in [0, 0.1) is 12.8 Å². The van der Waals surface area contributed by atoms with Gasteiger partial charge in [0.05, 0.1) is 5.41 Å². The van der Waals surface area contributed by atoms with Gasteiger partial charge in [0.1, 0.15) is 0 Å². The van der Waals surface area contributed by atoms with Gasteiger partial charge in [0.25, 0.3) is 0 Å². The van der Waals surface area contributed by atoms with Crippen LogP contribution in [0.15, 0.2) is 24.3 Å². The molecule has 1 N–H and O–H groups in total. The molecule has 1 aliphatic heterocycles. The average Bonchev–Trinajstić information content (AvgIpc) is 2.87. The number of aryl methyl sites for hydroxylation is 1. The third kappa shape index (κ3) is 2.81. The third-order valence-electron chi connectivity index (χ3n) is 4.14. The molecule has 3 heteroatoms. The van der Waals surface area contributed by atoms with Gasteiger partial charge in [-0.3, -0.25) is 4.79 Å². The zero-order chi connectivity index (χ0) is 14.0. The standard InChI is InChI=1S/C16H23NO2/c1-12-4-6-14(7-5-12)16(2,3)15(19)17-9-8-13(10-17)11-18/h4-7,13,18H,8-11H2,1-3H3. The first kappa shape index (κ1) is 14.1. The minimum absolute atomic E-state index is 0.160. The van der Waals surface area contributed by atoms with Crippen molar-refractivity contribution in [2.45, 2.75) is 32.6 Å². The summed E-state index contributed by atoms with van der Waals surface area (Å²) in [5.74, 6) is 0.407. The molecule has 1 aliphatic rings. The molecule has 1 atom stereocenters. The van der Waals surface area contributed by atoms with E-state index < -0.39 is 5.41 Å². The van der Waals surface area contributed by atoms with E-state index in [4.69, 9.17) is 0 Å². The number of carbonyl (C=O) groups is 1. The molecule has 0 bridgehead atoms. The maximum absolute atomic E-state index is 12.7. The van der Waals surface area contributed by atoms with E-state index in [1.807, 2.05) is 49.9 Å². The minimum Gasteiger partial charge on any atom is -0.396 e. The lowest BCUT2D eigenvalue weighted by Gasteiger charge is -2.30. The first-order valence-corrected chi connectivity index (χ1v) is 6.92. The number of amides is 1. The summed E-state index contributed by atoms with van der Waals surface area (Å²) < 4.78 is 0. The number of likely N-dealkylation sites (tertiary alicyclic amines) is 1. The van der Waals surface area contributed by atoms with Crippen LogP contribution in [-0.4, -0.2) is 35.6 Å². The monoisotopic (exact) mass is 261 g/mol. The summed E-state index contributed by atoms with van der Waals surface area (Å²) in [6, 6.07) is 8.16. The number of rotatable bonds is 3. The van der Waals surface area contributed by atoms with Crippen molar-refractivity contribution < 1.29 is 9.90 Å². The van der Waals surface area contributed by atoms with Crippen molar-refractivity contribution in [1.29, 1.82) is 0 Å². The van der Waals surface area contributed by atoms with E-state index in [0.29, 0.717) is 6.54 Å². The van der Waals surface area contributed by atoms with Crippen LogP contribution in [0.4, 0.5) is 0 Å². The van der Waals surface area contributed by atoms with Crippen LogP contribution in [0.3, 0.4) is 0 Å². The number of carbonyl (C=O) groups excluding carboxylic acids is 1. The van der Waals surface area contributed by atoms with Gasteiger partial charge in [-0.15, -0.1) is 0 Å². The van der Waals surface area contributed by atoms with E-state index in [0.717, 1.165) is 18.5 Å². The van der Waals surface area contributed by atoms with Crippen molar-refractivity contribution in [2.75, 3.05) is 19.7 Å². The minimum atomic E-state index is -0.502. The van der Waals surface area contributed by atoms with Gasteiger partial charge in [-0.25, -0.2) is 0 Å². The molecule has 0 spiro atoms. The lowest BCUT2D eigenvalue weighted by Crippen LogP contribution is -2.42. The summed E-state index contributed by atoms with van der Waals surface area (Å²) in [7, 11) is 0. The molecular formula is C16H23NO2. The lowest BCUT2D eigenvalue weighted by atomic mass is 9.83. The van der Waals surface area contributed by atoms with E-state index in [-0.39, 0.29) is 18.4 Å². The van der Waals surface area contributed by atoms with Crippen LogP contribution in [0.1, 0.15) is 31.4 Å². The van der Waals surface area contributed by atoms with Gasteiger partial charge in [0.15, 0.2) is 0 Å². The predicted molar refractivity (Wildman–Crippen MR) is 76.0 cm³/mol. The van der Waals surface area contributed by atoms with Gasteiger partial charge in [-0.2, -0.15) is 0 Å². The summed E-state index contributed by atoms with van der Waals surface area (Å²) in [5.41, 5.74) is 1.75. The largest absolute Gasteiger partial charge is 0.396 e. The molecule has 0 aromatic heterocycles. The van der Waals surface area contributed by atoms with Crippen molar-refractivity contribution in [2.24, 2.45) is 5.92 Å². The van der Waals surface area contributed by atoms with Crippen LogP contribution >= 0.6 is 0 Å². The zero-order valence-corrected chi connectivity index (χ0v) is 12.0. The highest BCUT2D eigenvalue weighted by atomic mass is 16.3. The molecule has 0 saturated carbocycles. The normalized spacial score (nSPS) is 19.8. The van der Waals surface area contributed by atoms with E-state index in [2.05, 4.69) is 0 Å². The van der Waals surface area contributed by atoms with Crippen LogP contribution in [0.5, 0.6) is 0 Å². The number of hydrogen-bond acceptors (Lipinski definition) is 2. The Bertz CT molecular complexity index is 450. The Labute approximate surface area is 115 Å². The number of aliphatic hydroxyl groups is 1. The summed E-state index contributed by atoms with van der Waals surface area (Å²) in [6.07, 6.45) is 0.909. The molecule has 0 radical (unpaired) electrons. The molecule has 104 valence electrons. The smallest absolute Gasteiger partial charge is 0.232 e. The molecular weight excluding hydrogens is 238 g/mol. The maximum Gasteiger partial charge on any atom is 0.232 e. The van der Waals surface area contributed by atoms with Gasteiger partial charge in [0, 0.05) is 25.6 Å². The Hall–Kier alpha value is -1.35. The molecule has 1 amide bonds. The van der Waals surface area contributed by atoms with E-state index >= 15 is 0 Å². The number of benzene rings is 1. The van der Waals surface area contributed by atoms with Gasteiger partial charge >= 0.3 is 0 Å². The van der Waals surface area contributed by atoms with Gasteiger partial charge in [0.2, 0.25) is 5.91 Å². The molecule has 3 nitrogen and oxygen atoms in total.